The van der Waals surface area contributed by atoms with Crippen LogP contribution in [0.3, 0.4) is 0 Å². The number of ether oxygens (including phenoxy) is 1. The molecule has 2 rings (SSSR count). The zero-order chi connectivity index (χ0) is 14.8. The van der Waals surface area contributed by atoms with E-state index in [2.05, 4.69) is 0 Å². The van der Waals surface area contributed by atoms with Crippen molar-refractivity contribution in [3.05, 3.63) is 65.0 Å². The van der Waals surface area contributed by atoms with E-state index in [9.17, 15) is 4.39 Å². The maximum Gasteiger partial charge on any atom is 0.168 e. The summed E-state index contributed by atoms with van der Waals surface area (Å²) in [4.78, 5) is 0. The number of rotatable bonds is 4. The van der Waals surface area contributed by atoms with Gasteiger partial charge in [0.1, 0.15) is 0 Å². The molecule has 0 radical (unpaired) electrons. The number of methoxy groups -OCH3 is 1. The molecule has 2 aromatic rings. The highest BCUT2D eigenvalue weighted by Gasteiger charge is 2.24. The van der Waals surface area contributed by atoms with E-state index in [4.69, 9.17) is 10.5 Å². The Balaban J connectivity index is 2.33. The molecule has 1 unspecified atom stereocenters. The molecule has 2 N–H and O–H groups in total. The maximum atomic E-state index is 14.2. The van der Waals surface area contributed by atoms with Gasteiger partial charge in [-0.25, -0.2) is 4.39 Å². The standard InChI is InChI=1S/C17H20FNO/c1-12-6-4-8-14(10-12)17(2,19)11-13-7-5-9-15(20-3)16(13)18/h4-10H,11,19H2,1-3H3. The fraction of sp³-hybridized carbons (Fsp3) is 0.294. The average Bonchev–Trinajstić information content (AvgIpc) is 2.41. The van der Waals surface area contributed by atoms with Crippen LogP contribution in [0, 0.1) is 12.7 Å². The van der Waals surface area contributed by atoms with Crippen LogP contribution in [-0.4, -0.2) is 7.11 Å². The minimum absolute atomic E-state index is 0.252. The van der Waals surface area contributed by atoms with Gasteiger partial charge in [0.15, 0.2) is 11.6 Å². The van der Waals surface area contributed by atoms with Gasteiger partial charge < -0.3 is 10.5 Å². The number of halogens is 1. The second kappa shape index (κ2) is 5.63. The molecule has 3 heteroatoms. The lowest BCUT2D eigenvalue weighted by Gasteiger charge is -2.26. The second-order valence-corrected chi connectivity index (χ2v) is 5.40. The number of hydrogen-bond acceptors (Lipinski definition) is 2. The minimum Gasteiger partial charge on any atom is -0.494 e. The van der Waals surface area contributed by atoms with Crippen molar-refractivity contribution in [2.24, 2.45) is 5.73 Å². The van der Waals surface area contributed by atoms with Gasteiger partial charge in [-0.3, -0.25) is 0 Å². The van der Waals surface area contributed by atoms with E-state index in [1.807, 2.05) is 38.1 Å². The molecule has 0 aliphatic heterocycles. The molecule has 0 saturated carbocycles. The third kappa shape index (κ3) is 2.99. The number of nitrogens with two attached hydrogens (primary N) is 1. The predicted octanol–water partition coefficient (Wildman–Crippen LogP) is 3.56. The van der Waals surface area contributed by atoms with Crippen LogP contribution in [-0.2, 0) is 12.0 Å². The average molecular weight is 273 g/mol. The summed E-state index contributed by atoms with van der Waals surface area (Å²) in [5.41, 5.74) is 8.48. The molecular weight excluding hydrogens is 253 g/mol. The van der Waals surface area contributed by atoms with E-state index in [1.165, 1.54) is 7.11 Å². The van der Waals surface area contributed by atoms with Crippen LogP contribution in [0.15, 0.2) is 42.5 Å². The lowest BCUT2D eigenvalue weighted by Crippen LogP contribution is -2.35. The second-order valence-electron chi connectivity index (χ2n) is 5.40. The Bertz CT molecular complexity index is 608. The molecule has 0 heterocycles. The van der Waals surface area contributed by atoms with Gasteiger partial charge in [-0.05, 0) is 37.5 Å². The van der Waals surface area contributed by atoms with Crippen molar-refractivity contribution >= 4 is 0 Å². The first-order valence-corrected chi connectivity index (χ1v) is 6.61. The molecule has 0 spiro atoms. The summed E-state index contributed by atoms with van der Waals surface area (Å²) >= 11 is 0. The molecule has 0 aliphatic carbocycles. The van der Waals surface area contributed by atoms with Crippen molar-refractivity contribution in [2.75, 3.05) is 7.11 Å². The Labute approximate surface area is 119 Å². The van der Waals surface area contributed by atoms with Crippen LogP contribution in [0.4, 0.5) is 4.39 Å². The molecule has 0 fully saturated rings. The van der Waals surface area contributed by atoms with Crippen molar-refractivity contribution in [1.29, 1.82) is 0 Å². The van der Waals surface area contributed by atoms with Crippen molar-refractivity contribution in [1.82, 2.24) is 0 Å². The Hall–Kier alpha value is -1.87. The number of benzene rings is 2. The summed E-state index contributed by atoms with van der Waals surface area (Å²) in [5, 5.41) is 0. The monoisotopic (exact) mass is 273 g/mol. The maximum absolute atomic E-state index is 14.2. The van der Waals surface area contributed by atoms with Crippen LogP contribution in [0.25, 0.3) is 0 Å². The normalized spacial score (nSPS) is 13.8. The molecule has 0 aliphatic rings. The SMILES string of the molecule is COc1cccc(CC(C)(N)c2cccc(C)c2)c1F. The summed E-state index contributed by atoms with van der Waals surface area (Å²) in [6, 6.07) is 13.1. The largest absolute Gasteiger partial charge is 0.494 e. The Morgan fingerprint density at radius 2 is 1.90 bits per heavy atom. The van der Waals surface area contributed by atoms with E-state index in [0.717, 1.165) is 11.1 Å². The zero-order valence-electron chi connectivity index (χ0n) is 12.1. The molecule has 0 bridgehead atoms. The van der Waals surface area contributed by atoms with Gasteiger partial charge >= 0.3 is 0 Å². The molecular formula is C17H20FNO. The van der Waals surface area contributed by atoms with Gasteiger partial charge in [-0.2, -0.15) is 0 Å². The van der Waals surface area contributed by atoms with Crippen LogP contribution >= 0.6 is 0 Å². The fourth-order valence-electron chi connectivity index (χ4n) is 2.35. The van der Waals surface area contributed by atoms with Crippen molar-refractivity contribution < 1.29 is 9.13 Å². The van der Waals surface area contributed by atoms with Crippen molar-refractivity contribution in [3.63, 3.8) is 0 Å². The molecule has 1 atom stereocenters. The molecule has 2 nitrogen and oxygen atoms in total. The van der Waals surface area contributed by atoms with Gasteiger partial charge in [0.05, 0.1) is 7.11 Å². The van der Waals surface area contributed by atoms with Gasteiger partial charge in [0.25, 0.3) is 0 Å². The van der Waals surface area contributed by atoms with E-state index < -0.39 is 5.54 Å². The first-order valence-electron chi connectivity index (χ1n) is 6.61. The smallest absolute Gasteiger partial charge is 0.168 e. The molecule has 106 valence electrons. The highest BCUT2D eigenvalue weighted by Crippen LogP contribution is 2.28. The lowest BCUT2D eigenvalue weighted by molar-refractivity contribution is 0.380. The van der Waals surface area contributed by atoms with Gasteiger partial charge in [-0.15, -0.1) is 0 Å². The van der Waals surface area contributed by atoms with Crippen LogP contribution in [0.2, 0.25) is 0 Å². The summed E-state index contributed by atoms with van der Waals surface area (Å²) in [7, 11) is 1.46. The topological polar surface area (TPSA) is 35.2 Å². The molecule has 20 heavy (non-hydrogen) atoms. The summed E-state index contributed by atoms with van der Waals surface area (Å²) in [6.07, 6.45) is 0.416. The number of aryl methyl sites for hydroxylation is 1. The van der Waals surface area contributed by atoms with Gasteiger partial charge in [-0.1, -0.05) is 42.0 Å². The quantitative estimate of drug-likeness (QED) is 0.924. The predicted molar refractivity (Wildman–Crippen MR) is 79.4 cm³/mol. The Kier molecular flexibility index (Phi) is 4.09. The Morgan fingerprint density at radius 1 is 1.20 bits per heavy atom. The van der Waals surface area contributed by atoms with Crippen LogP contribution < -0.4 is 10.5 Å². The number of hydrogen-bond donors (Lipinski definition) is 1. The molecule has 0 saturated heterocycles. The third-order valence-electron chi connectivity index (χ3n) is 3.50. The highest BCUT2D eigenvalue weighted by molar-refractivity contribution is 5.35. The third-order valence-corrected chi connectivity index (χ3v) is 3.50. The molecule has 0 amide bonds. The van der Waals surface area contributed by atoms with Crippen LogP contribution in [0.1, 0.15) is 23.6 Å². The van der Waals surface area contributed by atoms with Gasteiger partial charge in [0.2, 0.25) is 0 Å². The van der Waals surface area contributed by atoms with Gasteiger partial charge in [0, 0.05) is 5.54 Å². The minimum atomic E-state index is -0.626. The van der Waals surface area contributed by atoms with E-state index >= 15 is 0 Å². The molecule has 0 aromatic heterocycles. The van der Waals surface area contributed by atoms with Crippen LogP contribution in [0.5, 0.6) is 5.75 Å². The summed E-state index contributed by atoms with van der Waals surface area (Å²) in [5.74, 6) is -0.0816. The summed E-state index contributed by atoms with van der Waals surface area (Å²) < 4.78 is 19.2. The fourth-order valence-corrected chi connectivity index (χ4v) is 2.35. The van der Waals surface area contributed by atoms with Crippen molar-refractivity contribution in [3.8, 4) is 5.75 Å². The lowest BCUT2D eigenvalue weighted by atomic mass is 9.86. The summed E-state index contributed by atoms with van der Waals surface area (Å²) in [6.45, 7) is 3.94. The molecule has 2 aromatic carbocycles. The first kappa shape index (κ1) is 14.5. The van der Waals surface area contributed by atoms with E-state index in [-0.39, 0.29) is 11.6 Å². The zero-order valence-corrected chi connectivity index (χ0v) is 12.1. The highest BCUT2D eigenvalue weighted by atomic mass is 19.1. The first-order chi connectivity index (χ1) is 9.44. The van der Waals surface area contributed by atoms with E-state index in [1.54, 1.807) is 18.2 Å². The van der Waals surface area contributed by atoms with E-state index in [0.29, 0.717) is 12.0 Å². The Morgan fingerprint density at radius 3 is 2.55 bits per heavy atom. The van der Waals surface area contributed by atoms with Crippen molar-refractivity contribution in [2.45, 2.75) is 25.8 Å².